The van der Waals surface area contributed by atoms with Crippen molar-refractivity contribution in [3.8, 4) is 17.8 Å². The summed E-state index contributed by atoms with van der Waals surface area (Å²) in [4.78, 5) is 22.0. The van der Waals surface area contributed by atoms with Crippen molar-refractivity contribution in [3.05, 3.63) is 35.1 Å². The lowest BCUT2D eigenvalue weighted by Crippen LogP contribution is -1.99. The van der Waals surface area contributed by atoms with E-state index in [4.69, 9.17) is 26.2 Å². The Labute approximate surface area is 112 Å². The fourth-order valence-electron chi connectivity index (χ4n) is 1.22. The number of aromatic carboxylic acids is 1. The van der Waals surface area contributed by atoms with E-state index in [-0.39, 0.29) is 22.9 Å². The van der Waals surface area contributed by atoms with Crippen molar-refractivity contribution in [2.24, 2.45) is 0 Å². The van der Waals surface area contributed by atoms with Gasteiger partial charge in [0.2, 0.25) is 5.28 Å². The van der Waals surface area contributed by atoms with E-state index in [0.717, 1.165) is 0 Å². The van der Waals surface area contributed by atoms with Crippen molar-refractivity contribution in [2.75, 3.05) is 7.11 Å². The summed E-state index contributed by atoms with van der Waals surface area (Å²) < 4.78 is 10.1. The fraction of sp³-hybridized carbons (Fsp3) is 0.0909. The Morgan fingerprint density at radius 2 is 1.79 bits per heavy atom. The molecule has 0 saturated heterocycles. The van der Waals surface area contributed by atoms with Gasteiger partial charge in [-0.25, -0.2) is 4.79 Å². The average molecular weight is 282 g/mol. The van der Waals surface area contributed by atoms with Gasteiger partial charge in [-0.1, -0.05) is 0 Å². The number of methoxy groups -OCH3 is 1. The summed E-state index contributed by atoms with van der Waals surface area (Å²) in [5.41, 5.74) is 0.151. The molecule has 0 unspecified atom stereocenters. The maximum Gasteiger partial charge on any atom is 0.335 e. The van der Waals surface area contributed by atoms with Crippen LogP contribution in [0.2, 0.25) is 5.28 Å². The predicted molar refractivity (Wildman–Crippen MR) is 64.9 cm³/mol. The fourth-order valence-corrected chi connectivity index (χ4v) is 1.37. The van der Waals surface area contributed by atoms with Gasteiger partial charge in [-0.2, -0.15) is 9.97 Å². The Morgan fingerprint density at radius 3 is 2.37 bits per heavy atom. The first kappa shape index (κ1) is 13.0. The van der Waals surface area contributed by atoms with E-state index in [0.29, 0.717) is 5.75 Å². The van der Waals surface area contributed by atoms with Gasteiger partial charge in [0.1, 0.15) is 5.75 Å². The second kappa shape index (κ2) is 5.49. The van der Waals surface area contributed by atoms with E-state index >= 15 is 0 Å². The summed E-state index contributed by atoms with van der Waals surface area (Å²) in [5.74, 6) is -0.647. The van der Waals surface area contributed by atoms with E-state index in [1.54, 1.807) is 0 Å². The van der Waals surface area contributed by atoms with E-state index in [9.17, 15) is 4.79 Å². The number of halogens is 1. The number of aromatic nitrogens is 3. The van der Waals surface area contributed by atoms with E-state index < -0.39 is 5.97 Å². The molecule has 1 N–H and O–H groups in total. The van der Waals surface area contributed by atoms with Gasteiger partial charge < -0.3 is 14.6 Å². The molecule has 19 heavy (non-hydrogen) atoms. The van der Waals surface area contributed by atoms with Crippen LogP contribution >= 0.6 is 11.6 Å². The molecule has 2 rings (SSSR count). The van der Waals surface area contributed by atoms with E-state index in [1.165, 1.54) is 31.4 Å². The van der Waals surface area contributed by atoms with Crippen LogP contribution in [0.1, 0.15) is 10.4 Å². The van der Waals surface area contributed by atoms with Crippen LogP contribution in [0, 0.1) is 0 Å². The van der Waals surface area contributed by atoms with Crippen LogP contribution in [0.5, 0.6) is 17.8 Å². The minimum absolute atomic E-state index is 0.0251. The van der Waals surface area contributed by atoms with E-state index in [2.05, 4.69) is 15.0 Å². The quantitative estimate of drug-likeness (QED) is 0.916. The van der Waals surface area contributed by atoms with Gasteiger partial charge in [-0.3, -0.25) is 0 Å². The highest BCUT2D eigenvalue weighted by Crippen LogP contribution is 2.20. The third kappa shape index (κ3) is 3.29. The Kier molecular flexibility index (Phi) is 3.76. The van der Waals surface area contributed by atoms with Crippen LogP contribution in [0.3, 0.4) is 0 Å². The highest BCUT2D eigenvalue weighted by atomic mass is 35.5. The average Bonchev–Trinajstić information content (AvgIpc) is 2.38. The first-order valence-electron chi connectivity index (χ1n) is 5.05. The van der Waals surface area contributed by atoms with Gasteiger partial charge in [-0.05, 0) is 35.9 Å². The van der Waals surface area contributed by atoms with Gasteiger partial charge in [-0.15, -0.1) is 4.98 Å². The number of rotatable bonds is 4. The summed E-state index contributed by atoms with van der Waals surface area (Å²) in [6.07, 6.45) is 0. The summed E-state index contributed by atoms with van der Waals surface area (Å²) in [7, 11) is 1.39. The third-order valence-corrected chi connectivity index (χ3v) is 2.23. The van der Waals surface area contributed by atoms with Crippen LogP contribution in [-0.2, 0) is 0 Å². The normalized spacial score (nSPS) is 10.0. The molecule has 0 bridgehead atoms. The maximum absolute atomic E-state index is 10.7. The smallest absolute Gasteiger partial charge is 0.335 e. The summed E-state index contributed by atoms with van der Waals surface area (Å²) in [6.45, 7) is 0. The molecule has 0 amide bonds. The summed E-state index contributed by atoms with van der Waals surface area (Å²) >= 11 is 5.66. The Hall–Kier alpha value is -2.41. The topological polar surface area (TPSA) is 94.4 Å². The molecule has 0 fully saturated rings. The molecule has 0 radical (unpaired) electrons. The van der Waals surface area contributed by atoms with Crippen LogP contribution in [0.15, 0.2) is 24.3 Å². The zero-order valence-corrected chi connectivity index (χ0v) is 10.5. The Balaban J connectivity index is 2.21. The van der Waals surface area contributed by atoms with Gasteiger partial charge in [0.05, 0.1) is 12.7 Å². The number of hydrogen-bond donors (Lipinski definition) is 1. The SMILES string of the molecule is COc1nc(Cl)nc(Oc2ccc(C(=O)O)cc2)n1. The molecule has 8 heteroatoms. The molecule has 0 atom stereocenters. The molecule has 0 spiro atoms. The Morgan fingerprint density at radius 1 is 1.16 bits per heavy atom. The second-order valence-electron chi connectivity index (χ2n) is 3.31. The zero-order valence-electron chi connectivity index (χ0n) is 9.70. The number of ether oxygens (including phenoxy) is 2. The molecule has 1 heterocycles. The molecular weight excluding hydrogens is 274 g/mol. The van der Waals surface area contributed by atoms with Crippen molar-refractivity contribution < 1.29 is 19.4 Å². The number of carboxylic acids is 1. The van der Waals surface area contributed by atoms with Crippen molar-refractivity contribution in [1.82, 2.24) is 15.0 Å². The Bertz CT molecular complexity index is 603. The zero-order chi connectivity index (χ0) is 13.8. The number of benzene rings is 1. The second-order valence-corrected chi connectivity index (χ2v) is 3.64. The highest BCUT2D eigenvalue weighted by Gasteiger charge is 2.08. The van der Waals surface area contributed by atoms with Crippen molar-refractivity contribution >= 4 is 17.6 Å². The maximum atomic E-state index is 10.7. The lowest BCUT2D eigenvalue weighted by atomic mass is 10.2. The van der Waals surface area contributed by atoms with Gasteiger partial charge >= 0.3 is 18.0 Å². The molecule has 0 saturated carbocycles. The molecule has 0 aliphatic carbocycles. The molecule has 7 nitrogen and oxygen atoms in total. The van der Waals surface area contributed by atoms with Crippen molar-refractivity contribution in [2.45, 2.75) is 0 Å². The van der Waals surface area contributed by atoms with E-state index in [1.807, 2.05) is 0 Å². The predicted octanol–water partition coefficient (Wildman–Crippen LogP) is 2.02. The van der Waals surface area contributed by atoms with Crippen LogP contribution in [0.4, 0.5) is 0 Å². The van der Waals surface area contributed by atoms with Crippen LogP contribution in [0.25, 0.3) is 0 Å². The summed E-state index contributed by atoms with van der Waals surface area (Å²) in [5, 5.41) is 8.70. The lowest BCUT2D eigenvalue weighted by Gasteiger charge is -2.05. The van der Waals surface area contributed by atoms with Gasteiger partial charge in [0, 0.05) is 0 Å². The summed E-state index contributed by atoms with van der Waals surface area (Å²) in [6, 6.07) is 5.74. The highest BCUT2D eigenvalue weighted by molar-refractivity contribution is 6.28. The molecular formula is C11H8ClN3O4. The van der Waals surface area contributed by atoms with Crippen molar-refractivity contribution in [1.29, 1.82) is 0 Å². The standard InChI is InChI=1S/C11H8ClN3O4/c1-18-10-13-9(12)14-11(15-10)19-7-4-2-6(3-5-7)8(16)17/h2-5H,1H3,(H,16,17). The molecule has 1 aromatic heterocycles. The number of carboxylic acid groups (broad SMARTS) is 1. The van der Waals surface area contributed by atoms with Gasteiger partial charge in [0.15, 0.2) is 0 Å². The largest absolute Gasteiger partial charge is 0.478 e. The monoisotopic (exact) mass is 281 g/mol. The van der Waals surface area contributed by atoms with Crippen LogP contribution in [-0.4, -0.2) is 33.1 Å². The molecule has 1 aromatic carbocycles. The number of carbonyl (C=O) groups is 1. The molecule has 2 aromatic rings. The first-order valence-corrected chi connectivity index (χ1v) is 5.43. The number of hydrogen-bond acceptors (Lipinski definition) is 6. The lowest BCUT2D eigenvalue weighted by molar-refractivity contribution is 0.0697. The van der Waals surface area contributed by atoms with Gasteiger partial charge in [0.25, 0.3) is 0 Å². The first-order chi connectivity index (χ1) is 9.08. The van der Waals surface area contributed by atoms with Crippen LogP contribution < -0.4 is 9.47 Å². The third-order valence-electron chi connectivity index (χ3n) is 2.06. The minimum Gasteiger partial charge on any atom is -0.478 e. The molecule has 98 valence electrons. The number of nitrogens with zero attached hydrogens (tertiary/aromatic N) is 3. The molecule has 0 aliphatic rings. The molecule has 0 aliphatic heterocycles. The minimum atomic E-state index is -1.02. The van der Waals surface area contributed by atoms with Crippen molar-refractivity contribution in [3.63, 3.8) is 0 Å².